The van der Waals surface area contributed by atoms with Crippen LogP contribution in [0.1, 0.15) is 25.8 Å². The molecule has 1 heterocycles. The first-order valence-electron chi connectivity index (χ1n) is 5.39. The van der Waals surface area contributed by atoms with Crippen molar-refractivity contribution in [1.29, 1.82) is 0 Å². The Morgan fingerprint density at radius 2 is 2.24 bits per heavy atom. The van der Waals surface area contributed by atoms with Crippen LogP contribution in [-0.2, 0) is 4.74 Å². The van der Waals surface area contributed by atoms with Crippen LogP contribution in [-0.4, -0.2) is 29.3 Å². The number of hydrogen-bond acceptors (Lipinski definition) is 4. The van der Waals surface area contributed by atoms with E-state index in [9.17, 15) is 0 Å². The molecule has 0 saturated carbocycles. The van der Waals surface area contributed by atoms with E-state index in [1.165, 1.54) is 0 Å². The van der Waals surface area contributed by atoms with Crippen LogP contribution in [0.15, 0.2) is 18.3 Å². The zero-order valence-corrected chi connectivity index (χ0v) is 11.2. The van der Waals surface area contributed by atoms with E-state index in [0.29, 0.717) is 23.0 Å². The van der Waals surface area contributed by atoms with E-state index >= 15 is 0 Å². The predicted molar refractivity (Wildman–Crippen MR) is 71.3 cm³/mol. The van der Waals surface area contributed by atoms with Crippen molar-refractivity contribution in [1.82, 2.24) is 4.98 Å². The van der Waals surface area contributed by atoms with Gasteiger partial charge in [-0.2, -0.15) is 0 Å². The summed E-state index contributed by atoms with van der Waals surface area (Å²) in [5, 5.41) is 0. The maximum absolute atomic E-state index is 5.59. The molecule has 0 fully saturated rings. The van der Waals surface area contributed by atoms with Crippen molar-refractivity contribution in [3.63, 3.8) is 0 Å². The van der Waals surface area contributed by atoms with Crippen molar-refractivity contribution in [3.05, 3.63) is 23.9 Å². The lowest BCUT2D eigenvalue weighted by molar-refractivity contribution is 0.00507. The van der Waals surface area contributed by atoms with Crippen LogP contribution in [0.25, 0.3) is 0 Å². The fourth-order valence-electron chi connectivity index (χ4n) is 1.19. The van der Waals surface area contributed by atoms with Gasteiger partial charge in [-0.05, 0) is 26.0 Å². The van der Waals surface area contributed by atoms with Gasteiger partial charge < -0.3 is 15.2 Å². The average Bonchev–Trinajstić information content (AvgIpc) is 2.29. The molecule has 0 radical (unpaired) electrons. The molecule has 0 atom stereocenters. The van der Waals surface area contributed by atoms with Gasteiger partial charge >= 0.3 is 0 Å². The summed E-state index contributed by atoms with van der Waals surface area (Å²) in [6.45, 7) is 4.51. The molecule has 2 N–H and O–H groups in total. The molecule has 0 bridgehead atoms. The van der Waals surface area contributed by atoms with Gasteiger partial charge in [0.2, 0.25) is 5.88 Å². The van der Waals surface area contributed by atoms with Crippen molar-refractivity contribution in [3.8, 4) is 5.88 Å². The standard InChI is InChI=1S/C12H18N2O2S/c1-12(2,15-3)6-8-16-11-9(10(13)17)5-4-7-14-11/h4-5,7H,6,8H2,1-3H3,(H2,13,17). The SMILES string of the molecule is COC(C)(C)CCOc1ncccc1C(N)=S. The summed E-state index contributed by atoms with van der Waals surface area (Å²) in [7, 11) is 1.68. The summed E-state index contributed by atoms with van der Waals surface area (Å²) in [5.41, 5.74) is 6.04. The Morgan fingerprint density at radius 3 is 2.82 bits per heavy atom. The van der Waals surface area contributed by atoms with Crippen molar-refractivity contribution < 1.29 is 9.47 Å². The van der Waals surface area contributed by atoms with Gasteiger partial charge in [0.25, 0.3) is 0 Å². The highest BCUT2D eigenvalue weighted by molar-refractivity contribution is 7.80. The lowest BCUT2D eigenvalue weighted by atomic mass is 10.1. The smallest absolute Gasteiger partial charge is 0.223 e. The summed E-state index contributed by atoms with van der Waals surface area (Å²) in [6.07, 6.45) is 2.41. The quantitative estimate of drug-likeness (QED) is 0.786. The van der Waals surface area contributed by atoms with E-state index in [4.69, 9.17) is 27.4 Å². The van der Waals surface area contributed by atoms with E-state index in [-0.39, 0.29) is 5.60 Å². The Labute approximate surface area is 107 Å². The number of rotatable bonds is 6. The van der Waals surface area contributed by atoms with Gasteiger partial charge in [-0.25, -0.2) is 4.98 Å². The van der Waals surface area contributed by atoms with Crippen LogP contribution >= 0.6 is 12.2 Å². The van der Waals surface area contributed by atoms with Crippen LogP contribution in [0.2, 0.25) is 0 Å². The number of hydrogen-bond donors (Lipinski definition) is 1. The zero-order chi connectivity index (χ0) is 12.9. The molecule has 1 rings (SSSR count). The van der Waals surface area contributed by atoms with Gasteiger partial charge in [0.15, 0.2) is 0 Å². The molecule has 4 nitrogen and oxygen atoms in total. The number of nitrogens with two attached hydrogens (primary N) is 1. The van der Waals surface area contributed by atoms with Crippen LogP contribution in [0.3, 0.4) is 0 Å². The Bertz CT molecular complexity index is 394. The highest BCUT2D eigenvalue weighted by Gasteiger charge is 2.16. The van der Waals surface area contributed by atoms with E-state index in [1.807, 2.05) is 13.8 Å². The molecular weight excluding hydrogens is 236 g/mol. The zero-order valence-electron chi connectivity index (χ0n) is 10.4. The fraction of sp³-hybridized carbons (Fsp3) is 0.500. The predicted octanol–water partition coefficient (Wildman–Crippen LogP) is 1.91. The number of aromatic nitrogens is 1. The van der Waals surface area contributed by atoms with E-state index in [0.717, 1.165) is 6.42 Å². The molecular formula is C12H18N2O2S. The second kappa shape index (κ2) is 5.93. The number of nitrogens with zero attached hydrogens (tertiary/aromatic N) is 1. The van der Waals surface area contributed by atoms with Crippen molar-refractivity contribution in [2.45, 2.75) is 25.9 Å². The molecule has 0 aliphatic rings. The molecule has 0 unspecified atom stereocenters. The summed E-state index contributed by atoms with van der Waals surface area (Å²) < 4.78 is 10.9. The van der Waals surface area contributed by atoms with Crippen LogP contribution in [0, 0.1) is 0 Å². The molecule has 94 valence electrons. The molecule has 0 spiro atoms. The highest BCUT2D eigenvalue weighted by atomic mass is 32.1. The Hall–Kier alpha value is -1.20. The van der Waals surface area contributed by atoms with Crippen LogP contribution in [0.4, 0.5) is 0 Å². The molecule has 0 aromatic carbocycles. The van der Waals surface area contributed by atoms with Crippen molar-refractivity contribution >= 4 is 17.2 Å². The Morgan fingerprint density at radius 1 is 1.53 bits per heavy atom. The average molecular weight is 254 g/mol. The highest BCUT2D eigenvalue weighted by Crippen LogP contribution is 2.17. The third kappa shape index (κ3) is 4.28. The second-order valence-electron chi connectivity index (χ2n) is 4.28. The molecule has 5 heteroatoms. The van der Waals surface area contributed by atoms with Gasteiger partial charge in [-0.1, -0.05) is 12.2 Å². The second-order valence-corrected chi connectivity index (χ2v) is 4.72. The molecule has 0 aliphatic heterocycles. The van der Waals surface area contributed by atoms with Gasteiger partial charge in [0.05, 0.1) is 17.8 Å². The van der Waals surface area contributed by atoms with Gasteiger partial charge in [0, 0.05) is 19.7 Å². The third-order valence-corrected chi connectivity index (χ3v) is 2.75. The van der Waals surface area contributed by atoms with Crippen molar-refractivity contribution in [2.24, 2.45) is 5.73 Å². The third-order valence-electron chi connectivity index (χ3n) is 2.53. The monoisotopic (exact) mass is 254 g/mol. The van der Waals surface area contributed by atoms with E-state index < -0.39 is 0 Å². The van der Waals surface area contributed by atoms with Gasteiger partial charge in [-0.3, -0.25) is 0 Å². The van der Waals surface area contributed by atoms with Crippen molar-refractivity contribution in [2.75, 3.05) is 13.7 Å². The first-order chi connectivity index (χ1) is 7.96. The Kier molecular flexibility index (Phi) is 4.84. The molecule has 1 aromatic rings. The summed E-state index contributed by atoms with van der Waals surface area (Å²) >= 11 is 4.93. The lowest BCUT2D eigenvalue weighted by Crippen LogP contribution is -2.25. The number of thiocarbonyl (C=S) groups is 1. The minimum Gasteiger partial charge on any atom is -0.477 e. The molecule has 1 aromatic heterocycles. The van der Waals surface area contributed by atoms with Crippen LogP contribution < -0.4 is 10.5 Å². The maximum atomic E-state index is 5.59. The molecule has 0 aliphatic carbocycles. The summed E-state index contributed by atoms with van der Waals surface area (Å²) in [4.78, 5) is 4.41. The lowest BCUT2D eigenvalue weighted by Gasteiger charge is -2.22. The molecule has 17 heavy (non-hydrogen) atoms. The molecule has 0 saturated heterocycles. The summed E-state index contributed by atoms with van der Waals surface area (Å²) in [5.74, 6) is 0.479. The minimum absolute atomic E-state index is 0.210. The van der Waals surface area contributed by atoms with Gasteiger partial charge in [-0.15, -0.1) is 0 Å². The first kappa shape index (κ1) is 13.9. The van der Waals surface area contributed by atoms with E-state index in [1.54, 1.807) is 25.4 Å². The topological polar surface area (TPSA) is 57.4 Å². The largest absolute Gasteiger partial charge is 0.477 e. The first-order valence-corrected chi connectivity index (χ1v) is 5.80. The van der Waals surface area contributed by atoms with E-state index in [2.05, 4.69) is 4.98 Å². The number of pyridine rings is 1. The number of ether oxygens (including phenoxy) is 2. The normalized spacial score (nSPS) is 11.2. The maximum Gasteiger partial charge on any atom is 0.223 e. The fourth-order valence-corrected chi connectivity index (χ4v) is 1.34. The Balaban J connectivity index is 2.61. The minimum atomic E-state index is -0.210. The van der Waals surface area contributed by atoms with Crippen LogP contribution in [0.5, 0.6) is 5.88 Å². The number of methoxy groups -OCH3 is 1. The summed E-state index contributed by atoms with van der Waals surface area (Å²) in [6, 6.07) is 3.58. The van der Waals surface area contributed by atoms with Gasteiger partial charge in [0.1, 0.15) is 4.99 Å². The molecule has 0 amide bonds.